The van der Waals surface area contributed by atoms with E-state index in [0.29, 0.717) is 30.4 Å². The molecule has 2 unspecified atom stereocenters. The van der Waals surface area contributed by atoms with E-state index in [4.69, 9.17) is 4.74 Å². The zero-order chi connectivity index (χ0) is 19.5. The number of hydrogen-bond acceptors (Lipinski definition) is 3. The minimum Gasteiger partial charge on any atom is -0.489 e. The molecule has 6 nitrogen and oxygen atoms in total. The van der Waals surface area contributed by atoms with Crippen LogP contribution in [-0.2, 0) is 11.2 Å². The first-order valence-corrected chi connectivity index (χ1v) is 9.70. The van der Waals surface area contributed by atoms with Crippen LogP contribution in [-0.4, -0.2) is 49.6 Å². The third kappa shape index (κ3) is 3.81. The van der Waals surface area contributed by atoms with E-state index >= 15 is 0 Å². The van der Waals surface area contributed by atoms with E-state index in [2.05, 4.69) is 17.4 Å². The lowest BCUT2D eigenvalue weighted by Gasteiger charge is -2.23. The number of nitrogens with one attached hydrogen (secondary N) is 1. The van der Waals surface area contributed by atoms with Crippen molar-refractivity contribution >= 4 is 17.6 Å². The Balaban J connectivity index is 1.36. The van der Waals surface area contributed by atoms with Gasteiger partial charge in [0.05, 0.1) is 5.69 Å². The minimum atomic E-state index is -0.696. The van der Waals surface area contributed by atoms with Crippen LogP contribution in [0.15, 0.2) is 54.6 Å². The summed E-state index contributed by atoms with van der Waals surface area (Å²) in [6.07, 6.45) is 1.94. The normalized spacial score (nSPS) is 21.7. The number of amides is 3. The summed E-state index contributed by atoms with van der Waals surface area (Å²) < 4.78 is 5.77. The quantitative estimate of drug-likeness (QED) is 0.892. The lowest BCUT2D eigenvalue weighted by atomic mass is 9.99. The molecule has 3 amide bonds. The van der Waals surface area contributed by atoms with E-state index in [0.717, 1.165) is 12.8 Å². The van der Waals surface area contributed by atoms with Gasteiger partial charge in [0.1, 0.15) is 18.4 Å². The third-order valence-electron chi connectivity index (χ3n) is 5.50. The predicted molar refractivity (Wildman–Crippen MR) is 107 cm³/mol. The molecule has 2 atom stereocenters. The van der Waals surface area contributed by atoms with Crippen molar-refractivity contribution in [3.63, 3.8) is 0 Å². The average molecular weight is 379 g/mol. The first-order chi connectivity index (χ1) is 13.6. The zero-order valence-electron chi connectivity index (χ0n) is 16.0. The molecule has 6 heteroatoms. The number of anilines is 1. The Morgan fingerprint density at radius 3 is 2.71 bits per heavy atom. The molecule has 2 aliphatic rings. The van der Waals surface area contributed by atoms with Crippen molar-refractivity contribution in [2.45, 2.75) is 18.9 Å². The number of rotatable bonds is 3. The fourth-order valence-electron chi connectivity index (χ4n) is 3.93. The van der Waals surface area contributed by atoms with Crippen LogP contribution in [0.2, 0.25) is 0 Å². The number of benzene rings is 2. The van der Waals surface area contributed by atoms with Gasteiger partial charge in [0, 0.05) is 20.1 Å². The summed E-state index contributed by atoms with van der Waals surface area (Å²) >= 11 is 0. The molecule has 0 aromatic heterocycles. The van der Waals surface area contributed by atoms with Crippen LogP contribution in [0.4, 0.5) is 10.5 Å². The Labute approximate surface area is 165 Å². The highest BCUT2D eigenvalue weighted by Gasteiger charge is 2.33. The van der Waals surface area contributed by atoms with Crippen LogP contribution in [0.3, 0.4) is 0 Å². The summed E-state index contributed by atoms with van der Waals surface area (Å²) in [5.41, 5.74) is 2.01. The van der Waals surface area contributed by atoms with Gasteiger partial charge in [-0.2, -0.15) is 0 Å². The lowest BCUT2D eigenvalue weighted by Crippen LogP contribution is -2.52. The van der Waals surface area contributed by atoms with Crippen LogP contribution in [0.25, 0.3) is 0 Å². The van der Waals surface area contributed by atoms with E-state index in [-0.39, 0.29) is 18.5 Å². The van der Waals surface area contributed by atoms with Crippen molar-refractivity contribution in [2.24, 2.45) is 5.92 Å². The van der Waals surface area contributed by atoms with E-state index in [1.54, 1.807) is 16.8 Å². The zero-order valence-corrected chi connectivity index (χ0v) is 16.0. The smallest absolute Gasteiger partial charge is 0.318 e. The maximum Gasteiger partial charge on any atom is 0.318 e. The molecule has 1 N–H and O–H groups in total. The summed E-state index contributed by atoms with van der Waals surface area (Å²) in [6, 6.07) is 16.9. The number of carbonyl (C=O) groups is 2. The van der Waals surface area contributed by atoms with Crippen molar-refractivity contribution in [1.82, 2.24) is 10.2 Å². The molecule has 0 bridgehead atoms. The van der Waals surface area contributed by atoms with Crippen LogP contribution >= 0.6 is 0 Å². The molecule has 0 saturated carbocycles. The summed E-state index contributed by atoms with van der Waals surface area (Å²) in [6.45, 7) is 1.55. The molecule has 146 valence electrons. The molecule has 28 heavy (non-hydrogen) atoms. The molecule has 2 aliphatic heterocycles. The van der Waals surface area contributed by atoms with Gasteiger partial charge in [-0.15, -0.1) is 0 Å². The number of para-hydroxylation sites is 2. The molecule has 0 radical (unpaired) electrons. The van der Waals surface area contributed by atoms with Gasteiger partial charge in [-0.3, -0.25) is 4.79 Å². The Morgan fingerprint density at radius 2 is 1.89 bits per heavy atom. The summed E-state index contributed by atoms with van der Waals surface area (Å²) in [4.78, 5) is 28.9. The van der Waals surface area contributed by atoms with Gasteiger partial charge in [-0.1, -0.05) is 42.5 Å². The fraction of sp³-hybridized carbons (Fsp3) is 0.364. The van der Waals surface area contributed by atoms with Gasteiger partial charge in [0.2, 0.25) is 0 Å². The van der Waals surface area contributed by atoms with Crippen LogP contribution < -0.4 is 15.0 Å². The monoisotopic (exact) mass is 379 g/mol. The summed E-state index contributed by atoms with van der Waals surface area (Å²) in [5, 5.41) is 2.87. The number of likely N-dealkylation sites (tertiary alicyclic amines) is 1. The minimum absolute atomic E-state index is 0.132. The predicted octanol–water partition coefficient (Wildman–Crippen LogP) is 2.68. The molecule has 0 aliphatic carbocycles. The van der Waals surface area contributed by atoms with Gasteiger partial charge in [0.25, 0.3) is 5.91 Å². The number of fused-ring (bicyclic) bond motifs is 1. The van der Waals surface area contributed by atoms with Crippen molar-refractivity contribution < 1.29 is 14.3 Å². The van der Waals surface area contributed by atoms with Crippen molar-refractivity contribution in [3.8, 4) is 5.75 Å². The highest BCUT2D eigenvalue weighted by atomic mass is 16.5. The highest BCUT2D eigenvalue weighted by Crippen LogP contribution is 2.30. The average Bonchev–Trinajstić information content (AvgIpc) is 3.15. The topological polar surface area (TPSA) is 61.9 Å². The van der Waals surface area contributed by atoms with Gasteiger partial charge >= 0.3 is 6.03 Å². The van der Waals surface area contributed by atoms with Gasteiger partial charge in [0.15, 0.2) is 0 Å². The molecule has 4 rings (SSSR count). The van der Waals surface area contributed by atoms with E-state index in [1.807, 2.05) is 42.5 Å². The number of hydrogen-bond donors (Lipinski definition) is 1. The number of likely N-dealkylation sites (N-methyl/N-ethyl adjacent to an activating group) is 1. The Kier molecular flexibility index (Phi) is 5.19. The van der Waals surface area contributed by atoms with Crippen molar-refractivity contribution in [1.29, 1.82) is 0 Å². The second-order valence-corrected chi connectivity index (χ2v) is 7.47. The second-order valence-electron chi connectivity index (χ2n) is 7.47. The highest BCUT2D eigenvalue weighted by molar-refractivity contribution is 6.00. The van der Waals surface area contributed by atoms with Gasteiger partial charge in [-0.05, 0) is 36.5 Å². The lowest BCUT2D eigenvalue weighted by molar-refractivity contribution is -0.120. The number of ether oxygens (including phenoxy) is 1. The van der Waals surface area contributed by atoms with E-state index < -0.39 is 6.04 Å². The third-order valence-corrected chi connectivity index (χ3v) is 5.50. The summed E-state index contributed by atoms with van der Waals surface area (Å²) in [7, 11) is 1.71. The van der Waals surface area contributed by atoms with Gasteiger partial charge < -0.3 is 19.9 Å². The molecular weight excluding hydrogens is 354 g/mol. The SMILES string of the molecule is CN1C(=O)C(NC(=O)N2CCC(Cc3ccccc3)C2)COc2ccccc21. The molecule has 1 saturated heterocycles. The van der Waals surface area contributed by atoms with Gasteiger partial charge in [-0.25, -0.2) is 4.79 Å². The summed E-state index contributed by atoms with van der Waals surface area (Å²) in [5.74, 6) is 0.929. The number of nitrogens with zero attached hydrogens (tertiary/aromatic N) is 2. The van der Waals surface area contributed by atoms with Crippen molar-refractivity contribution in [2.75, 3.05) is 31.6 Å². The molecule has 2 heterocycles. The number of urea groups is 1. The van der Waals surface area contributed by atoms with E-state index in [9.17, 15) is 9.59 Å². The first-order valence-electron chi connectivity index (χ1n) is 9.70. The van der Waals surface area contributed by atoms with Crippen LogP contribution in [0, 0.1) is 5.92 Å². The standard InChI is InChI=1S/C22H25N3O3/c1-24-19-9-5-6-10-20(19)28-15-18(21(24)26)23-22(27)25-12-11-17(14-25)13-16-7-3-2-4-8-16/h2-10,17-18H,11-15H2,1H3,(H,23,27). The maximum atomic E-state index is 12.8. The first kappa shape index (κ1) is 18.3. The fourth-order valence-corrected chi connectivity index (χ4v) is 3.93. The molecule has 2 aromatic rings. The number of carbonyl (C=O) groups excluding carboxylic acids is 2. The molecule has 0 spiro atoms. The Hall–Kier alpha value is -3.02. The Bertz CT molecular complexity index is 855. The largest absolute Gasteiger partial charge is 0.489 e. The van der Waals surface area contributed by atoms with Crippen LogP contribution in [0.1, 0.15) is 12.0 Å². The molecule has 1 fully saturated rings. The van der Waals surface area contributed by atoms with Crippen molar-refractivity contribution in [3.05, 3.63) is 60.2 Å². The molecule has 2 aromatic carbocycles. The van der Waals surface area contributed by atoms with E-state index in [1.165, 1.54) is 5.56 Å². The maximum absolute atomic E-state index is 12.8. The molecular formula is C22H25N3O3. The van der Waals surface area contributed by atoms with Crippen LogP contribution in [0.5, 0.6) is 5.75 Å². The second kappa shape index (κ2) is 7.92. The Morgan fingerprint density at radius 1 is 1.14 bits per heavy atom.